The lowest BCUT2D eigenvalue weighted by molar-refractivity contribution is 0.0631. The van der Waals surface area contributed by atoms with Crippen molar-refractivity contribution in [1.29, 1.82) is 0 Å². The SMILES string of the molecule is COC[C@H](O)CN[C@H](C)Cc1ccccc1C. The standard InChI is InChI=1S/C14H23NO2/c1-11-6-4-5-7-13(11)8-12(2)15-9-14(16)10-17-3/h4-7,12,14-16H,8-10H2,1-3H3/t12-,14-/m1/s1. The molecule has 0 unspecified atom stereocenters. The molecule has 0 spiro atoms. The Morgan fingerprint density at radius 2 is 2.06 bits per heavy atom. The molecule has 3 heteroatoms. The highest BCUT2D eigenvalue weighted by Crippen LogP contribution is 2.09. The Kier molecular flexibility index (Phi) is 6.19. The van der Waals surface area contributed by atoms with E-state index >= 15 is 0 Å². The average Bonchev–Trinajstić information content (AvgIpc) is 2.30. The highest BCUT2D eigenvalue weighted by molar-refractivity contribution is 5.26. The molecule has 0 saturated carbocycles. The van der Waals surface area contributed by atoms with Crippen LogP contribution in [0.4, 0.5) is 0 Å². The van der Waals surface area contributed by atoms with Crippen LogP contribution in [0.25, 0.3) is 0 Å². The molecular weight excluding hydrogens is 214 g/mol. The van der Waals surface area contributed by atoms with Gasteiger partial charge in [0.2, 0.25) is 0 Å². The number of methoxy groups -OCH3 is 1. The van der Waals surface area contributed by atoms with Gasteiger partial charge in [-0.2, -0.15) is 0 Å². The van der Waals surface area contributed by atoms with Gasteiger partial charge in [-0.1, -0.05) is 24.3 Å². The Balaban J connectivity index is 2.34. The van der Waals surface area contributed by atoms with Crippen molar-refractivity contribution >= 4 is 0 Å². The van der Waals surface area contributed by atoms with Crippen LogP contribution in [0, 0.1) is 6.92 Å². The predicted octanol–water partition coefficient (Wildman–Crippen LogP) is 1.52. The molecule has 0 aliphatic carbocycles. The topological polar surface area (TPSA) is 41.5 Å². The van der Waals surface area contributed by atoms with E-state index < -0.39 is 6.10 Å². The number of hydrogen-bond donors (Lipinski definition) is 2. The zero-order valence-electron chi connectivity index (χ0n) is 10.9. The van der Waals surface area contributed by atoms with Crippen LogP contribution < -0.4 is 5.32 Å². The van der Waals surface area contributed by atoms with Gasteiger partial charge in [0.25, 0.3) is 0 Å². The third kappa shape index (κ3) is 5.31. The van der Waals surface area contributed by atoms with E-state index in [1.165, 1.54) is 11.1 Å². The summed E-state index contributed by atoms with van der Waals surface area (Å²) in [5.74, 6) is 0. The molecule has 96 valence electrons. The zero-order valence-corrected chi connectivity index (χ0v) is 10.9. The average molecular weight is 237 g/mol. The molecule has 17 heavy (non-hydrogen) atoms. The molecule has 0 heterocycles. The predicted molar refractivity (Wildman–Crippen MR) is 70.2 cm³/mol. The van der Waals surface area contributed by atoms with E-state index in [4.69, 9.17) is 4.74 Å². The number of nitrogens with one attached hydrogen (secondary N) is 1. The van der Waals surface area contributed by atoms with Crippen molar-refractivity contribution in [2.24, 2.45) is 0 Å². The van der Waals surface area contributed by atoms with Gasteiger partial charge < -0.3 is 15.2 Å². The number of hydrogen-bond acceptors (Lipinski definition) is 3. The molecule has 0 radical (unpaired) electrons. The van der Waals surface area contributed by atoms with Crippen LogP contribution in [0.5, 0.6) is 0 Å². The van der Waals surface area contributed by atoms with Gasteiger partial charge in [0, 0.05) is 19.7 Å². The lowest BCUT2D eigenvalue weighted by atomic mass is 10.0. The summed E-state index contributed by atoms with van der Waals surface area (Å²) in [5.41, 5.74) is 2.67. The Hall–Kier alpha value is -0.900. The van der Waals surface area contributed by atoms with Crippen molar-refractivity contribution in [3.8, 4) is 0 Å². The van der Waals surface area contributed by atoms with E-state index in [2.05, 4.69) is 43.4 Å². The molecular formula is C14H23NO2. The molecule has 1 aromatic carbocycles. The molecule has 1 rings (SSSR count). The second-order valence-electron chi connectivity index (χ2n) is 4.55. The van der Waals surface area contributed by atoms with E-state index in [0.717, 1.165) is 6.42 Å². The van der Waals surface area contributed by atoms with E-state index in [1.54, 1.807) is 7.11 Å². The minimum Gasteiger partial charge on any atom is -0.389 e. The summed E-state index contributed by atoms with van der Waals surface area (Å²) in [6, 6.07) is 8.75. The first-order valence-electron chi connectivity index (χ1n) is 6.08. The monoisotopic (exact) mass is 237 g/mol. The summed E-state index contributed by atoms with van der Waals surface area (Å²) in [7, 11) is 1.60. The van der Waals surface area contributed by atoms with Crippen molar-refractivity contribution in [3.63, 3.8) is 0 Å². The summed E-state index contributed by atoms with van der Waals surface area (Å²) in [5, 5.41) is 12.8. The summed E-state index contributed by atoms with van der Waals surface area (Å²) >= 11 is 0. The number of aryl methyl sites for hydroxylation is 1. The molecule has 0 aliphatic rings. The molecule has 0 saturated heterocycles. The van der Waals surface area contributed by atoms with E-state index in [9.17, 15) is 5.11 Å². The van der Waals surface area contributed by atoms with Crippen LogP contribution in [-0.4, -0.2) is 37.5 Å². The first-order valence-corrected chi connectivity index (χ1v) is 6.08. The molecule has 0 fully saturated rings. The van der Waals surface area contributed by atoms with Crippen LogP contribution in [0.2, 0.25) is 0 Å². The van der Waals surface area contributed by atoms with Gasteiger partial charge in [0.15, 0.2) is 0 Å². The minimum atomic E-state index is -0.431. The number of ether oxygens (including phenoxy) is 1. The molecule has 0 aromatic heterocycles. The quantitative estimate of drug-likeness (QED) is 0.755. The number of aliphatic hydroxyl groups is 1. The number of aliphatic hydroxyl groups excluding tert-OH is 1. The van der Waals surface area contributed by atoms with Crippen LogP contribution in [-0.2, 0) is 11.2 Å². The zero-order chi connectivity index (χ0) is 12.7. The molecule has 2 N–H and O–H groups in total. The smallest absolute Gasteiger partial charge is 0.0897 e. The van der Waals surface area contributed by atoms with Gasteiger partial charge in [-0.15, -0.1) is 0 Å². The van der Waals surface area contributed by atoms with Crippen LogP contribution >= 0.6 is 0 Å². The fourth-order valence-corrected chi connectivity index (χ4v) is 1.83. The highest BCUT2D eigenvalue weighted by atomic mass is 16.5. The summed E-state index contributed by atoms with van der Waals surface area (Å²) in [6.07, 6.45) is 0.547. The van der Waals surface area contributed by atoms with Crippen LogP contribution in [0.3, 0.4) is 0 Å². The molecule has 2 atom stereocenters. The van der Waals surface area contributed by atoms with Gasteiger partial charge in [-0.3, -0.25) is 0 Å². The van der Waals surface area contributed by atoms with Gasteiger partial charge in [-0.05, 0) is 31.4 Å². The first-order chi connectivity index (χ1) is 8.13. The summed E-state index contributed by atoms with van der Waals surface area (Å²) in [6.45, 7) is 5.21. The van der Waals surface area contributed by atoms with Crippen molar-refractivity contribution in [2.75, 3.05) is 20.3 Å². The minimum absolute atomic E-state index is 0.350. The van der Waals surface area contributed by atoms with Crippen LogP contribution in [0.15, 0.2) is 24.3 Å². The fraction of sp³-hybridized carbons (Fsp3) is 0.571. The largest absolute Gasteiger partial charge is 0.389 e. The molecule has 0 amide bonds. The first kappa shape index (κ1) is 14.2. The van der Waals surface area contributed by atoms with Gasteiger partial charge >= 0.3 is 0 Å². The van der Waals surface area contributed by atoms with Crippen molar-refractivity contribution in [3.05, 3.63) is 35.4 Å². The van der Waals surface area contributed by atoms with Crippen molar-refractivity contribution in [1.82, 2.24) is 5.32 Å². The molecule has 3 nitrogen and oxygen atoms in total. The normalized spacial score (nSPS) is 14.6. The summed E-state index contributed by atoms with van der Waals surface area (Å²) < 4.78 is 4.88. The van der Waals surface area contributed by atoms with Crippen LogP contribution in [0.1, 0.15) is 18.1 Å². The van der Waals surface area contributed by atoms with Gasteiger partial charge in [0.05, 0.1) is 12.7 Å². The van der Waals surface area contributed by atoms with E-state index in [-0.39, 0.29) is 0 Å². The Morgan fingerprint density at radius 3 is 2.71 bits per heavy atom. The van der Waals surface area contributed by atoms with E-state index in [1.807, 2.05) is 0 Å². The highest BCUT2D eigenvalue weighted by Gasteiger charge is 2.08. The fourth-order valence-electron chi connectivity index (χ4n) is 1.83. The Morgan fingerprint density at radius 1 is 1.35 bits per heavy atom. The Bertz CT molecular complexity index is 328. The van der Waals surface area contributed by atoms with Crippen molar-refractivity contribution < 1.29 is 9.84 Å². The second kappa shape index (κ2) is 7.43. The second-order valence-corrected chi connectivity index (χ2v) is 4.55. The third-order valence-corrected chi connectivity index (χ3v) is 2.85. The molecule has 0 bridgehead atoms. The number of benzene rings is 1. The molecule has 1 aromatic rings. The maximum atomic E-state index is 9.53. The van der Waals surface area contributed by atoms with Gasteiger partial charge in [-0.25, -0.2) is 0 Å². The van der Waals surface area contributed by atoms with Gasteiger partial charge in [0.1, 0.15) is 0 Å². The lowest BCUT2D eigenvalue weighted by Crippen LogP contribution is -2.36. The summed E-state index contributed by atoms with van der Waals surface area (Å²) in [4.78, 5) is 0. The third-order valence-electron chi connectivity index (χ3n) is 2.85. The Labute approximate surface area is 104 Å². The van der Waals surface area contributed by atoms with E-state index in [0.29, 0.717) is 19.2 Å². The molecule has 0 aliphatic heterocycles. The lowest BCUT2D eigenvalue weighted by Gasteiger charge is -2.17. The maximum Gasteiger partial charge on any atom is 0.0897 e. The maximum absolute atomic E-state index is 9.53. The van der Waals surface area contributed by atoms with Crippen molar-refractivity contribution in [2.45, 2.75) is 32.4 Å². The number of rotatable bonds is 7.